The van der Waals surface area contributed by atoms with E-state index in [0.717, 1.165) is 65.3 Å². The van der Waals surface area contributed by atoms with Crippen molar-refractivity contribution in [1.29, 1.82) is 0 Å². The Kier molecular flexibility index (Phi) is 9.03. The molecule has 8 rings (SSSR count). The van der Waals surface area contributed by atoms with Gasteiger partial charge in [0.1, 0.15) is 11.6 Å². The predicted molar refractivity (Wildman–Crippen MR) is 201 cm³/mol. The van der Waals surface area contributed by atoms with Crippen molar-refractivity contribution in [2.45, 2.75) is 25.7 Å². The highest BCUT2D eigenvalue weighted by Crippen LogP contribution is 2.44. The molecule has 2 fully saturated rings. The molecule has 3 aliphatic heterocycles. The van der Waals surface area contributed by atoms with E-state index in [-0.39, 0.29) is 35.3 Å². The minimum atomic E-state index is -0.388. The highest BCUT2D eigenvalue weighted by atomic mass is 79.9. The van der Waals surface area contributed by atoms with Gasteiger partial charge in [-0.3, -0.25) is 14.4 Å². The molecule has 2 aromatic heterocycles. The molecule has 51 heavy (non-hydrogen) atoms. The van der Waals surface area contributed by atoms with Gasteiger partial charge in [0, 0.05) is 77.0 Å². The number of Topliss-reactive ketones (excluding diaryl/α,β-unsaturated/α-hetero) is 1. The predicted octanol–water partition coefficient (Wildman–Crippen LogP) is 8.21. The van der Waals surface area contributed by atoms with E-state index < -0.39 is 0 Å². The average molecular weight is 766 g/mol. The number of pyridine rings is 1. The molecule has 8 nitrogen and oxygen atoms in total. The first kappa shape index (κ1) is 33.4. The fraction of sp³-hybridized carbons (Fsp3) is 0.250. The Hall–Kier alpha value is -4.71. The summed E-state index contributed by atoms with van der Waals surface area (Å²) in [5, 5.41) is 2.99. The number of hydrogen-bond donors (Lipinski definition) is 1. The smallest absolute Gasteiger partial charge is 0.259 e. The van der Waals surface area contributed by atoms with Crippen LogP contribution in [0, 0.1) is 11.2 Å². The van der Waals surface area contributed by atoms with Gasteiger partial charge in [0.05, 0.1) is 16.1 Å². The van der Waals surface area contributed by atoms with Gasteiger partial charge in [-0.1, -0.05) is 36.4 Å². The number of carbonyl (C=O) groups excluding carboxylic acids is 3. The molecule has 1 spiro atoms. The highest BCUT2D eigenvalue weighted by molar-refractivity contribution is 9.10. The number of nitrogens with zero attached hydrogens (tertiary/aromatic N) is 3. The minimum Gasteiger partial charge on any atom is -0.381 e. The Morgan fingerprint density at radius 2 is 1.71 bits per heavy atom. The third-order valence-electron chi connectivity index (χ3n) is 10.1. The summed E-state index contributed by atoms with van der Waals surface area (Å²) in [6.45, 7) is 3.67. The number of fused-ring (bicyclic) bond motifs is 3. The van der Waals surface area contributed by atoms with Crippen molar-refractivity contribution < 1.29 is 23.5 Å². The molecule has 3 aliphatic rings. The minimum absolute atomic E-state index is 0.00894. The molecule has 5 heterocycles. The van der Waals surface area contributed by atoms with E-state index in [1.807, 2.05) is 30.3 Å². The summed E-state index contributed by atoms with van der Waals surface area (Å²) in [4.78, 5) is 50.8. The summed E-state index contributed by atoms with van der Waals surface area (Å²) in [5.41, 5.74) is 4.77. The fourth-order valence-corrected chi connectivity index (χ4v) is 8.79. The van der Waals surface area contributed by atoms with Crippen LogP contribution in [0.3, 0.4) is 0 Å². The quantitative estimate of drug-likeness (QED) is 0.168. The second-order valence-corrected chi connectivity index (χ2v) is 15.4. The lowest BCUT2D eigenvalue weighted by atomic mass is 9.73. The highest BCUT2D eigenvalue weighted by Gasteiger charge is 2.45. The molecule has 1 N–H and O–H groups in total. The third-order valence-corrected chi connectivity index (χ3v) is 11.7. The van der Waals surface area contributed by atoms with Gasteiger partial charge in [-0.2, -0.15) is 0 Å². The van der Waals surface area contributed by atoms with Crippen LogP contribution in [0.5, 0.6) is 0 Å². The van der Waals surface area contributed by atoms with Crippen molar-refractivity contribution in [3.05, 3.63) is 129 Å². The second kappa shape index (κ2) is 13.8. The van der Waals surface area contributed by atoms with E-state index >= 15 is 0 Å². The van der Waals surface area contributed by atoms with Gasteiger partial charge in [0.2, 0.25) is 0 Å². The summed E-state index contributed by atoms with van der Waals surface area (Å²) in [6, 6.07) is 24.7. The second-order valence-electron chi connectivity index (χ2n) is 13.4. The Balaban J connectivity index is 0.974. The van der Waals surface area contributed by atoms with Crippen LogP contribution in [0.4, 0.5) is 21.6 Å². The number of ketones is 1. The number of rotatable bonds is 7. The molecule has 0 aliphatic carbocycles. The SMILES string of the molecule is O=C(Cc1ccccc1F)c1cc2c(s1)-c1ccccc1N(C(=O)c1ccc(NC(=O)c3cc(Br)cnc3N3CC4(CCOCC4)C3)cc1)CC2. The van der Waals surface area contributed by atoms with E-state index in [9.17, 15) is 18.8 Å². The van der Waals surface area contributed by atoms with E-state index in [2.05, 4.69) is 31.1 Å². The number of thiophene rings is 1. The zero-order valence-electron chi connectivity index (χ0n) is 27.7. The maximum Gasteiger partial charge on any atom is 0.259 e. The Bertz CT molecular complexity index is 2160. The van der Waals surface area contributed by atoms with Crippen molar-refractivity contribution in [3.63, 3.8) is 0 Å². The number of anilines is 3. The van der Waals surface area contributed by atoms with Gasteiger partial charge in [0.15, 0.2) is 5.78 Å². The normalized spacial score (nSPS) is 16.1. The van der Waals surface area contributed by atoms with Crippen LogP contribution in [0.2, 0.25) is 0 Å². The zero-order valence-corrected chi connectivity index (χ0v) is 30.1. The molecule has 0 atom stereocenters. The van der Waals surface area contributed by atoms with E-state index in [4.69, 9.17) is 4.74 Å². The molecule has 0 saturated carbocycles. The molecule has 258 valence electrons. The Labute approximate surface area is 307 Å². The number of aromatic nitrogens is 1. The van der Waals surface area contributed by atoms with Crippen molar-refractivity contribution in [3.8, 4) is 10.4 Å². The summed E-state index contributed by atoms with van der Waals surface area (Å²) in [6.07, 6.45) is 4.30. The van der Waals surface area contributed by atoms with E-state index in [1.165, 1.54) is 17.4 Å². The van der Waals surface area contributed by atoms with Crippen LogP contribution in [0.1, 0.15) is 54.4 Å². The summed E-state index contributed by atoms with van der Waals surface area (Å²) in [7, 11) is 0. The fourth-order valence-electron chi connectivity index (χ4n) is 7.28. The van der Waals surface area contributed by atoms with Crippen molar-refractivity contribution >= 4 is 62.1 Å². The Morgan fingerprint density at radius 1 is 0.961 bits per heavy atom. The van der Waals surface area contributed by atoms with Gasteiger partial charge in [0.25, 0.3) is 11.8 Å². The maximum atomic E-state index is 14.3. The average Bonchev–Trinajstić information content (AvgIpc) is 3.50. The molecule has 0 radical (unpaired) electrons. The molecular formula is C40H34BrFN4O4S. The summed E-state index contributed by atoms with van der Waals surface area (Å²) in [5.74, 6) is -0.294. The van der Waals surface area contributed by atoms with Gasteiger partial charge in [-0.15, -0.1) is 11.3 Å². The van der Waals surface area contributed by atoms with Gasteiger partial charge >= 0.3 is 0 Å². The maximum absolute atomic E-state index is 14.3. The summed E-state index contributed by atoms with van der Waals surface area (Å²) >= 11 is 4.86. The number of carbonyl (C=O) groups is 3. The van der Waals surface area contributed by atoms with Crippen LogP contribution in [-0.4, -0.2) is 55.4 Å². The van der Waals surface area contributed by atoms with Gasteiger partial charge in [-0.25, -0.2) is 9.37 Å². The van der Waals surface area contributed by atoms with Crippen molar-refractivity contribution in [2.24, 2.45) is 5.41 Å². The van der Waals surface area contributed by atoms with Crippen LogP contribution in [0.25, 0.3) is 10.4 Å². The lowest BCUT2D eigenvalue weighted by Gasteiger charge is -2.53. The largest absolute Gasteiger partial charge is 0.381 e. The van der Waals surface area contributed by atoms with Gasteiger partial charge < -0.3 is 19.9 Å². The molecule has 11 heteroatoms. The number of amides is 2. The van der Waals surface area contributed by atoms with Crippen LogP contribution in [-0.2, 0) is 17.6 Å². The van der Waals surface area contributed by atoms with E-state index in [1.54, 1.807) is 59.6 Å². The third kappa shape index (κ3) is 6.61. The first-order chi connectivity index (χ1) is 24.8. The van der Waals surface area contributed by atoms with E-state index in [0.29, 0.717) is 46.0 Å². The first-order valence-corrected chi connectivity index (χ1v) is 18.6. The number of para-hydroxylation sites is 1. The zero-order chi connectivity index (χ0) is 35.1. The van der Waals surface area contributed by atoms with Crippen molar-refractivity contribution in [1.82, 2.24) is 4.98 Å². The summed E-state index contributed by atoms with van der Waals surface area (Å²) < 4.78 is 20.5. The van der Waals surface area contributed by atoms with Crippen LogP contribution < -0.4 is 15.1 Å². The molecular weight excluding hydrogens is 731 g/mol. The Morgan fingerprint density at radius 3 is 2.49 bits per heavy atom. The first-order valence-electron chi connectivity index (χ1n) is 17.0. The van der Waals surface area contributed by atoms with Crippen LogP contribution in [0.15, 0.2) is 95.6 Å². The number of ether oxygens (including phenoxy) is 1. The monoisotopic (exact) mass is 764 g/mol. The number of nitrogens with one attached hydrogen (secondary N) is 1. The van der Waals surface area contributed by atoms with Gasteiger partial charge in [-0.05, 0) is 94.9 Å². The van der Waals surface area contributed by atoms with Crippen LogP contribution >= 0.6 is 27.3 Å². The topological polar surface area (TPSA) is 91.8 Å². The number of benzene rings is 3. The standard InChI is InChI=1S/C40H34BrFN4O4S/c41-28-21-31(37(43-22-28)45-23-40(24-45)14-17-50-18-15-40)38(48)44-29-11-9-25(10-12-29)39(49)46-16-13-27-20-35(34(47)19-26-5-1-3-7-32(26)42)51-36(27)30-6-2-4-8-33(30)46/h1-12,20-22H,13-19,23-24H2,(H,44,48). The number of halogens is 2. The number of hydrogen-bond acceptors (Lipinski definition) is 7. The van der Waals surface area contributed by atoms with Crippen molar-refractivity contribution in [2.75, 3.05) is 48.0 Å². The molecule has 0 unspecified atom stereocenters. The molecule has 3 aromatic carbocycles. The molecule has 2 saturated heterocycles. The lowest BCUT2D eigenvalue weighted by Crippen LogP contribution is -2.59. The lowest BCUT2D eigenvalue weighted by molar-refractivity contribution is -0.000511. The molecule has 5 aromatic rings. The molecule has 0 bridgehead atoms. The molecule has 2 amide bonds.